The number of ether oxygens (including phenoxy) is 1. The van der Waals surface area contributed by atoms with Crippen LogP contribution in [-0.2, 0) is 12.8 Å². The van der Waals surface area contributed by atoms with Crippen molar-refractivity contribution in [3.05, 3.63) is 63.9 Å². The van der Waals surface area contributed by atoms with Crippen molar-refractivity contribution in [1.82, 2.24) is 0 Å². The number of methoxy groups -OCH3 is 1. The Morgan fingerprint density at radius 3 is 2.29 bits per heavy atom. The number of benzene rings is 2. The van der Waals surface area contributed by atoms with Gasteiger partial charge in [-0.2, -0.15) is 0 Å². The summed E-state index contributed by atoms with van der Waals surface area (Å²) < 4.78 is 19.6. The first-order valence-corrected chi connectivity index (χ1v) is 7.59. The highest BCUT2D eigenvalue weighted by Crippen LogP contribution is 2.21. The summed E-state index contributed by atoms with van der Waals surface area (Å²) >= 11 is 3.40. The number of hydrogen-bond donors (Lipinski definition) is 1. The molecule has 0 amide bonds. The van der Waals surface area contributed by atoms with E-state index < -0.39 is 0 Å². The fourth-order valence-corrected chi connectivity index (χ4v) is 2.59. The Kier molecular flexibility index (Phi) is 5.76. The summed E-state index contributed by atoms with van der Waals surface area (Å²) in [7, 11) is 1.45. The maximum atomic E-state index is 13.7. The molecule has 21 heavy (non-hydrogen) atoms. The van der Waals surface area contributed by atoms with Gasteiger partial charge < -0.3 is 9.84 Å². The quantitative estimate of drug-likeness (QED) is 0.851. The van der Waals surface area contributed by atoms with Gasteiger partial charge in [0.15, 0.2) is 11.6 Å². The summed E-state index contributed by atoms with van der Waals surface area (Å²) in [6.45, 7) is 0.0731. The van der Waals surface area contributed by atoms with Gasteiger partial charge >= 0.3 is 0 Å². The zero-order chi connectivity index (χ0) is 15.2. The topological polar surface area (TPSA) is 29.5 Å². The predicted octanol–water partition coefficient (Wildman–Crippen LogP) is 3.99. The average molecular weight is 353 g/mol. The van der Waals surface area contributed by atoms with Gasteiger partial charge in [-0.1, -0.05) is 34.1 Å². The molecule has 1 atom stereocenters. The third-order valence-electron chi connectivity index (χ3n) is 3.44. The van der Waals surface area contributed by atoms with E-state index in [2.05, 4.69) is 15.9 Å². The van der Waals surface area contributed by atoms with Gasteiger partial charge in [-0.15, -0.1) is 0 Å². The van der Waals surface area contributed by atoms with Crippen molar-refractivity contribution in [2.24, 2.45) is 5.92 Å². The molecule has 0 fully saturated rings. The average Bonchev–Trinajstić information content (AvgIpc) is 2.49. The molecule has 0 aliphatic heterocycles. The molecule has 0 radical (unpaired) electrons. The first kappa shape index (κ1) is 16.0. The van der Waals surface area contributed by atoms with Gasteiger partial charge in [0.25, 0.3) is 0 Å². The fraction of sp³-hybridized carbons (Fsp3) is 0.294. The highest BCUT2D eigenvalue weighted by Gasteiger charge is 2.12. The molecule has 0 aromatic heterocycles. The molecule has 1 N–H and O–H groups in total. The Labute approximate surface area is 132 Å². The Bertz CT molecular complexity index is 584. The van der Waals surface area contributed by atoms with Gasteiger partial charge in [-0.25, -0.2) is 4.39 Å². The van der Waals surface area contributed by atoms with Crippen molar-refractivity contribution < 1.29 is 14.2 Å². The molecule has 0 spiro atoms. The molecule has 0 aliphatic carbocycles. The van der Waals surface area contributed by atoms with E-state index in [-0.39, 0.29) is 24.1 Å². The van der Waals surface area contributed by atoms with E-state index in [0.29, 0.717) is 6.42 Å². The van der Waals surface area contributed by atoms with Crippen LogP contribution in [0.4, 0.5) is 4.39 Å². The van der Waals surface area contributed by atoms with Gasteiger partial charge in [-0.3, -0.25) is 0 Å². The number of rotatable bonds is 6. The van der Waals surface area contributed by atoms with Crippen LogP contribution in [0.25, 0.3) is 0 Å². The van der Waals surface area contributed by atoms with Crippen molar-refractivity contribution >= 4 is 15.9 Å². The van der Waals surface area contributed by atoms with Gasteiger partial charge in [0.1, 0.15) is 0 Å². The van der Waals surface area contributed by atoms with Crippen molar-refractivity contribution in [2.45, 2.75) is 12.8 Å². The number of hydrogen-bond acceptors (Lipinski definition) is 2. The molecule has 0 bridgehead atoms. The zero-order valence-electron chi connectivity index (χ0n) is 11.9. The van der Waals surface area contributed by atoms with Gasteiger partial charge in [0.05, 0.1) is 7.11 Å². The molecule has 0 saturated carbocycles. The molecular weight excluding hydrogens is 335 g/mol. The molecule has 2 nitrogen and oxygen atoms in total. The van der Waals surface area contributed by atoms with E-state index in [1.165, 1.54) is 13.2 Å². The first-order chi connectivity index (χ1) is 10.1. The molecule has 0 aliphatic rings. The number of aliphatic hydroxyl groups is 1. The monoisotopic (exact) mass is 352 g/mol. The van der Waals surface area contributed by atoms with Crippen LogP contribution < -0.4 is 4.74 Å². The van der Waals surface area contributed by atoms with E-state index >= 15 is 0 Å². The predicted molar refractivity (Wildman–Crippen MR) is 85.1 cm³/mol. The standard InChI is InChI=1S/C17H18BrFO2/c1-21-17-7-4-13(10-16(17)19)9-14(11-20)8-12-2-5-15(18)6-3-12/h2-7,10,14,20H,8-9,11H2,1H3. The van der Waals surface area contributed by atoms with Crippen molar-refractivity contribution in [3.63, 3.8) is 0 Å². The van der Waals surface area contributed by atoms with E-state index in [1.54, 1.807) is 6.07 Å². The minimum atomic E-state index is -0.365. The number of halogens is 2. The Balaban J connectivity index is 2.05. The normalized spacial score (nSPS) is 12.2. The van der Waals surface area contributed by atoms with Crippen molar-refractivity contribution in [3.8, 4) is 5.75 Å². The summed E-state index contributed by atoms with van der Waals surface area (Å²) in [5.41, 5.74) is 2.02. The van der Waals surface area contributed by atoms with Crippen LogP contribution in [0.1, 0.15) is 11.1 Å². The van der Waals surface area contributed by atoms with Gasteiger partial charge in [0, 0.05) is 11.1 Å². The fourth-order valence-electron chi connectivity index (χ4n) is 2.33. The van der Waals surface area contributed by atoms with Gasteiger partial charge in [-0.05, 0) is 54.2 Å². The maximum Gasteiger partial charge on any atom is 0.165 e. The minimum Gasteiger partial charge on any atom is -0.494 e. The van der Waals surface area contributed by atoms with Crippen LogP contribution in [-0.4, -0.2) is 18.8 Å². The zero-order valence-corrected chi connectivity index (χ0v) is 13.4. The summed E-state index contributed by atoms with van der Waals surface area (Å²) in [6, 6.07) is 13.0. The Morgan fingerprint density at radius 1 is 1.10 bits per heavy atom. The third kappa shape index (κ3) is 4.55. The lowest BCUT2D eigenvalue weighted by atomic mass is 9.93. The molecule has 4 heteroatoms. The molecule has 112 valence electrons. The largest absolute Gasteiger partial charge is 0.494 e. The SMILES string of the molecule is COc1ccc(CC(CO)Cc2ccc(Br)cc2)cc1F. The summed E-state index contributed by atoms with van der Waals surface area (Å²) in [5, 5.41) is 9.55. The van der Waals surface area contributed by atoms with Crippen LogP contribution in [0, 0.1) is 11.7 Å². The van der Waals surface area contributed by atoms with Gasteiger partial charge in [0.2, 0.25) is 0 Å². The Hall–Kier alpha value is -1.39. The maximum absolute atomic E-state index is 13.7. The molecular formula is C17H18BrFO2. The van der Waals surface area contributed by atoms with E-state index in [4.69, 9.17) is 4.74 Å². The summed E-state index contributed by atoms with van der Waals surface area (Å²) in [4.78, 5) is 0. The second-order valence-corrected chi connectivity index (χ2v) is 5.97. The van der Waals surface area contributed by atoms with Crippen molar-refractivity contribution in [1.29, 1.82) is 0 Å². The van der Waals surface area contributed by atoms with Crippen LogP contribution >= 0.6 is 15.9 Å². The van der Waals surface area contributed by atoms with E-state index in [1.807, 2.05) is 30.3 Å². The highest BCUT2D eigenvalue weighted by atomic mass is 79.9. The van der Waals surface area contributed by atoms with Crippen molar-refractivity contribution in [2.75, 3.05) is 13.7 Å². The molecule has 0 saturated heterocycles. The highest BCUT2D eigenvalue weighted by molar-refractivity contribution is 9.10. The molecule has 2 aromatic rings. The second kappa shape index (κ2) is 7.57. The lowest BCUT2D eigenvalue weighted by Gasteiger charge is -2.15. The summed E-state index contributed by atoms with van der Waals surface area (Å²) in [6.07, 6.45) is 1.39. The lowest BCUT2D eigenvalue weighted by Crippen LogP contribution is -2.13. The smallest absolute Gasteiger partial charge is 0.165 e. The van der Waals surface area contributed by atoms with Crippen LogP contribution in [0.15, 0.2) is 46.9 Å². The molecule has 1 unspecified atom stereocenters. The third-order valence-corrected chi connectivity index (χ3v) is 3.97. The second-order valence-electron chi connectivity index (χ2n) is 5.05. The molecule has 2 rings (SSSR count). The molecule has 0 heterocycles. The van der Waals surface area contributed by atoms with Crippen LogP contribution in [0.3, 0.4) is 0 Å². The van der Waals surface area contributed by atoms with E-state index in [0.717, 1.165) is 22.0 Å². The summed E-state index contributed by atoms with van der Waals surface area (Å²) in [5.74, 6) is -0.0542. The first-order valence-electron chi connectivity index (χ1n) is 6.80. The molecule has 2 aromatic carbocycles. The van der Waals surface area contributed by atoms with E-state index in [9.17, 15) is 9.50 Å². The number of aliphatic hydroxyl groups excluding tert-OH is 1. The Morgan fingerprint density at radius 2 is 1.71 bits per heavy atom. The van der Waals surface area contributed by atoms with Crippen LogP contribution in [0.5, 0.6) is 5.75 Å². The minimum absolute atomic E-state index is 0.0685. The van der Waals surface area contributed by atoms with Crippen LogP contribution in [0.2, 0.25) is 0 Å². The lowest BCUT2D eigenvalue weighted by molar-refractivity contribution is 0.225.